The fourth-order valence-corrected chi connectivity index (χ4v) is 2.37. The van der Waals surface area contributed by atoms with Crippen LogP contribution in [0.4, 0.5) is 5.69 Å². The van der Waals surface area contributed by atoms with Crippen LogP contribution in [0.1, 0.15) is 13.8 Å². The quantitative estimate of drug-likeness (QED) is 0.868. The predicted molar refractivity (Wildman–Crippen MR) is 71.6 cm³/mol. The molecule has 94 valence electrons. The van der Waals surface area contributed by atoms with Gasteiger partial charge in [0, 0.05) is 38.4 Å². The van der Waals surface area contributed by atoms with E-state index >= 15 is 0 Å². The number of hydrogen-bond donors (Lipinski definition) is 1. The molecular formula is C14H22N2O. The molecule has 1 aromatic rings. The lowest BCUT2D eigenvalue weighted by atomic mass is 10.2. The summed E-state index contributed by atoms with van der Waals surface area (Å²) in [4.78, 5) is 4.91. The number of phenolic OH excluding ortho intramolecular Hbond substituents is 1. The molecule has 1 heterocycles. The Morgan fingerprint density at radius 1 is 1.06 bits per heavy atom. The van der Waals surface area contributed by atoms with Gasteiger partial charge < -0.3 is 10.0 Å². The van der Waals surface area contributed by atoms with Crippen LogP contribution in [0.5, 0.6) is 5.75 Å². The van der Waals surface area contributed by atoms with Crippen molar-refractivity contribution < 1.29 is 5.11 Å². The molecule has 1 saturated heterocycles. The molecule has 0 bridgehead atoms. The number of hydrogen-bond acceptors (Lipinski definition) is 3. The lowest BCUT2D eigenvalue weighted by Crippen LogP contribution is -2.47. The van der Waals surface area contributed by atoms with Gasteiger partial charge in [-0.1, -0.05) is 13.8 Å². The average molecular weight is 234 g/mol. The van der Waals surface area contributed by atoms with Crippen molar-refractivity contribution >= 4 is 5.69 Å². The van der Waals surface area contributed by atoms with Crippen molar-refractivity contribution in [3.63, 3.8) is 0 Å². The largest absolute Gasteiger partial charge is 0.508 e. The van der Waals surface area contributed by atoms with Crippen LogP contribution < -0.4 is 4.90 Å². The van der Waals surface area contributed by atoms with Gasteiger partial charge in [0.15, 0.2) is 0 Å². The molecule has 3 nitrogen and oxygen atoms in total. The van der Waals surface area contributed by atoms with E-state index in [-0.39, 0.29) is 0 Å². The standard InChI is InChI=1S/C14H22N2O/c1-12(2)11-15-7-9-16(10-8-15)13-3-5-14(17)6-4-13/h3-6,12,17H,7-11H2,1-2H3. The summed E-state index contributed by atoms with van der Waals surface area (Å²) in [5.74, 6) is 1.09. The first-order valence-electron chi connectivity index (χ1n) is 6.41. The lowest BCUT2D eigenvalue weighted by Gasteiger charge is -2.36. The second kappa shape index (κ2) is 5.41. The Balaban J connectivity index is 1.88. The predicted octanol–water partition coefficient (Wildman–Crippen LogP) is 2.17. The molecule has 0 amide bonds. The molecule has 0 radical (unpaired) electrons. The topological polar surface area (TPSA) is 26.7 Å². The maximum Gasteiger partial charge on any atom is 0.115 e. The summed E-state index contributed by atoms with van der Waals surface area (Å²) in [5, 5.41) is 9.27. The Hall–Kier alpha value is -1.22. The second-order valence-corrected chi connectivity index (χ2v) is 5.20. The Morgan fingerprint density at radius 3 is 2.18 bits per heavy atom. The number of rotatable bonds is 3. The van der Waals surface area contributed by atoms with Crippen LogP contribution in [0, 0.1) is 5.92 Å². The summed E-state index contributed by atoms with van der Waals surface area (Å²) < 4.78 is 0. The molecule has 0 aliphatic carbocycles. The van der Waals surface area contributed by atoms with Crippen LogP contribution >= 0.6 is 0 Å². The van der Waals surface area contributed by atoms with Crippen molar-refractivity contribution in [1.82, 2.24) is 4.90 Å². The monoisotopic (exact) mass is 234 g/mol. The number of piperazine rings is 1. The zero-order valence-corrected chi connectivity index (χ0v) is 10.8. The van der Waals surface area contributed by atoms with Crippen LogP contribution in [-0.4, -0.2) is 42.7 Å². The molecule has 1 aliphatic rings. The van der Waals surface area contributed by atoms with Gasteiger partial charge >= 0.3 is 0 Å². The normalized spacial score (nSPS) is 17.7. The van der Waals surface area contributed by atoms with Gasteiger partial charge in [0.2, 0.25) is 0 Å². The molecule has 1 N–H and O–H groups in total. The van der Waals surface area contributed by atoms with Gasteiger partial charge in [0.1, 0.15) is 5.75 Å². The third-order valence-electron chi connectivity index (χ3n) is 3.21. The summed E-state index contributed by atoms with van der Waals surface area (Å²) in [6.45, 7) is 10.2. The molecule has 0 spiro atoms. The van der Waals surface area contributed by atoms with Gasteiger partial charge in [0.05, 0.1) is 0 Å². The first kappa shape index (κ1) is 12.2. The summed E-state index contributed by atoms with van der Waals surface area (Å²) in [7, 11) is 0. The van der Waals surface area contributed by atoms with Gasteiger partial charge in [-0.25, -0.2) is 0 Å². The molecule has 1 fully saturated rings. The molecule has 3 heteroatoms. The Bertz CT molecular complexity index is 340. The van der Waals surface area contributed by atoms with E-state index in [0.29, 0.717) is 5.75 Å². The summed E-state index contributed by atoms with van der Waals surface area (Å²) >= 11 is 0. The Kier molecular flexibility index (Phi) is 3.89. The van der Waals surface area contributed by atoms with E-state index in [0.717, 1.165) is 32.1 Å². The number of phenols is 1. The van der Waals surface area contributed by atoms with Crippen molar-refractivity contribution in [2.24, 2.45) is 5.92 Å². The maximum absolute atomic E-state index is 9.27. The number of nitrogens with zero attached hydrogens (tertiary/aromatic N) is 2. The minimum Gasteiger partial charge on any atom is -0.508 e. The molecule has 0 unspecified atom stereocenters. The van der Waals surface area contributed by atoms with Gasteiger partial charge in [-0.15, -0.1) is 0 Å². The van der Waals surface area contributed by atoms with Gasteiger partial charge in [-0.2, -0.15) is 0 Å². The van der Waals surface area contributed by atoms with Crippen molar-refractivity contribution in [2.75, 3.05) is 37.6 Å². The molecule has 0 atom stereocenters. The number of anilines is 1. The van der Waals surface area contributed by atoms with Crippen LogP contribution in [0.2, 0.25) is 0 Å². The molecular weight excluding hydrogens is 212 g/mol. The highest BCUT2D eigenvalue weighted by Crippen LogP contribution is 2.19. The Labute approximate surface area is 104 Å². The van der Waals surface area contributed by atoms with E-state index in [4.69, 9.17) is 0 Å². The first-order valence-corrected chi connectivity index (χ1v) is 6.41. The van der Waals surface area contributed by atoms with Crippen LogP contribution in [-0.2, 0) is 0 Å². The van der Waals surface area contributed by atoms with Gasteiger partial charge in [-0.3, -0.25) is 4.90 Å². The molecule has 2 rings (SSSR count). The lowest BCUT2D eigenvalue weighted by molar-refractivity contribution is 0.231. The fourth-order valence-electron chi connectivity index (χ4n) is 2.37. The SMILES string of the molecule is CC(C)CN1CCN(c2ccc(O)cc2)CC1. The second-order valence-electron chi connectivity index (χ2n) is 5.20. The molecule has 0 saturated carbocycles. The zero-order valence-electron chi connectivity index (χ0n) is 10.8. The van der Waals surface area contributed by atoms with Gasteiger partial charge in [0.25, 0.3) is 0 Å². The van der Waals surface area contributed by atoms with Crippen molar-refractivity contribution in [1.29, 1.82) is 0 Å². The summed E-state index contributed by atoms with van der Waals surface area (Å²) in [6.07, 6.45) is 0. The van der Waals surface area contributed by atoms with Crippen LogP contribution in [0.25, 0.3) is 0 Å². The highest BCUT2D eigenvalue weighted by Gasteiger charge is 2.17. The molecule has 1 aliphatic heterocycles. The minimum absolute atomic E-state index is 0.340. The van der Waals surface area contributed by atoms with Gasteiger partial charge in [-0.05, 0) is 30.2 Å². The number of benzene rings is 1. The zero-order chi connectivity index (χ0) is 12.3. The molecule has 1 aromatic carbocycles. The maximum atomic E-state index is 9.27. The molecule has 17 heavy (non-hydrogen) atoms. The van der Waals surface area contributed by atoms with Crippen LogP contribution in [0.15, 0.2) is 24.3 Å². The third-order valence-corrected chi connectivity index (χ3v) is 3.21. The smallest absolute Gasteiger partial charge is 0.115 e. The molecule has 0 aromatic heterocycles. The van der Waals surface area contributed by atoms with E-state index in [1.165, 1.54) is 12.2 Å². The van der Waals surface area contributed by atoms with E-state index < -0.39 is 0 Å². The van der Waals surface area contributed by atoms with Crippen molar-refractivity contribution in [3.05, 3.63) is 24.3 Å². The van der Waals surface area contributed by atoms with E-state index in [1.54, 1.807) is 12.1 Å². The highest BCUT2D eigenvalue weighted by molar-refractivity contribution is 5.49. The summed E-state index contributed by atoms with van der Waals surface area (Å²) in [6, 6.07) is 7.51. The average Bonchev–Trinajstić information content (AvgIpc) is 2.30. The summed E-state index contributed by atoms with van der Waals surface area (Å²) in [5.41, 5.74) is 1.21. The first-order chi connectivity index (χ1) is 8.15. The highest BCUT2D eigenvalue weighted by atomic mass is 16.3. The van der Waals surface area contributed by atoms with E-state index in [2.05, 4.69) is 23.6 Å². The third kappa shape index (κ3) is 3.37. The number of aromatic hydroxyl groups is 1. The fraction of sp³-hybridized carbons (Fsp3) is 0.571. The van der Waals surface area contributed by atoms with E-state index in [9.17, 15) is 5.11 Å². The van der Waals surface area contributed by atoms with E-state index in [1.807, 2.05) is 12.1 Å². The van der Waals surface area contributed by atoms with Crippen LogP contribution in [0.3, 0.4) is 0 Å². The van der Waals surface area contributed by atoms with Crippen molar-refractivity contribution in [3.8, 4) is 5.75 Å². The minimum atomic E-state index is 0.340. The van der Waals surface area contributed by atoms with Crippen molar-refractivity contribution in [2.45, 2.75) is 13.8 Å². The Morgan fingerprint density at radius 2 is 1.65 bits per heavy atom.